The number of hydrogen-bond donors (Lipinski definition) is 1. The van der Waals surface area contributed by atoms with Gasteiger partial charge < -0.3 is 19.5 Å². The minimum Gasteiger partial charge on any atom is -0.465 e. The SMILES string of the molecule is COC(=O)c1ccc(-c2cccn(CCN3CCNCC3=O)c2=O)cc1. The molecule has 0 saturated carbocycles. The number of pyridine rings is 1. The number of aromatic nitrogens is 1. The summed E-state index contributed by atoms with van der Waals surface area (Å²) in [4.78, 5) is 37.9. The van der Waals surface area contributed by atoms with Crippen LogP contribution in [0.5, 0.6) is 0 Å². The summed E-state index contributed by atoms with van der Waals surface area (Å²) < 4.78 is 6.29. The molecule has 0 aliphatic carbocycles. The molecule has 0 bridgehead atoms. The topological polar surface area (TPSA) is 80.6 Å². The number of carbonyl (C=O) groups is 2. The normalized spacial score (nSPS) is 14.3. The van der Waals surface area contributed by atoms with E-state index in [0.29, 0.717) is 37.3 Å². The van der Waals surface area contributed by atoms with E-state index in [0.717, 1.165) is 12.1 Å². The molecule has 7 nitrogen and oxygen atoms in total. The Morgan fingerprint density at radius 1 is 1.15 bits per heavy atom. The standard InChI is InChI=1S/C19H21N3O4/c1-26-19(25)15-6-4-14(5-7-15)16-3-2-9-22(18(16)24)12-11-21-10-8-20-13-17(21)23/h2-7,9,20H,8,10-13H2,1H3. The van der Waals surface area contributed by atoms with Gasteiger partial charge in [0.1, 0.15) is 0 Å². The minimum atomic E-state index is -0.414. The van der Waals surface area contributed by atoms with Gasteiger partial charge in [-0.05, 0) is 29.8 Å². The molecule has 0 atom stereocenters. The smallest absolute Gasteiger partial charge is 0.337 e. The minimum absolute atomic E-state index is 0.0545. The van der Waals surface area contributed by atoms with Crippen LogP contribution in [0.3, 0.4) is 0 Å². The zero-order valence-electron chi connectivity index (χ0n) is 14.6. The Hall–Kier alpha value is -2.93. The average Bonchev–Trinajstić information content (AvgIpc) is 2.68. The van der Waals surface area contributed by atoms with E-state index >= 15 is 0 Å². The lowest BCUT2D eigenvalue weighted by atomic mass is 10.1. The van der Waals surface area contributed by atoms with E-state index in [1.165, 1.54) is 7.11 Å². The summed E-state index contributed by atoms with van der Waals surface area (Å²) in [6.45, 7) is 2.72. The van der Waals surface area contributed by atoms with E-state index in [-0.39, 0.29) is 11.5 Å². The summed E-state index contributed by atoms with van der Waals surface area (Å²) in [6.07, 6.45) is 1.72. The molecule has 1 aromatic carbocycles. The number of benzene rings is 1. The van der Waals surface area contributed by atoms with Gasteiger partial charge in [0.15, 0.2) is 0 Å². The van der Waals surface area contributed by atoms with Crippen LogP contribution >= 0.6 is 0 Å². The van der Waals surface area contributed by atoms with Crippen molar-refractivity contribution < 1.29 is 14.3 Å². The third-order valence-electron chi connectivity index (χ3n) is 4.44. The van der Waals surface area contributed by atoms with E-state index < -0.39 is 5.97 Å². The quantitative estimate of drug-likeness (QED) is 0.800. The predicted octanol–water partition coefficient (Wildman–Crippen LogP) is 0.734. The molecule has 3 rings (SSSR count). The van der Waals surface area contributed by atoms with Gasteiger partial charge in [-0.1, -0.05) is 12.1 Å². The number of methoxy groups -OCH3 is 1. The molecule has 1 fully saturated rings. The lowest BCUT2D eigenvalue weighted by molar-refractivity contribution is -0.132. The maximum atomic E-state index is 12.8. The van der Waals surface area contributed by atoms with Gasteiger partial charge in [0, 0.05) is 37.9 Å². The molecule has 0 radical (unpaired) electrons. The second kappa shape index (κ2) is 7.97. The van der Waals surface area contributed by atoms with Crippen molar-refractivity contribution >= 4 is 11.9 Å². The fourth-order valence-corrected chi connectivity index (χ4v) is 2.95. The molecule has 136 valence electrons. The number of nitrogens with one attached hydrogen (secondary N) is 1. The molecule has 1 aliphatic rings. The van der Waals surface area contributed by atoms with Crippen LogP contribution in [0, 0.1) is 0 Å². The van der Waals surface area contributed by atoms with Crippen LogP contribution in [-0.4, -0.2) is 54.6 Å². The molecule has 2 heterocycles. The molecule has 1 aliphatic heterocycles. The van der Waals surface area contributed by atoms with Crippen LogP contribution in [-0.2, 0) is 16.1 Å². The summed E-state index contributed by atoms with van der Waals surface area (Å²) in [5, 5.41) is 3.03. The van der Waals surface area contributed by atoms with Crippen LogP contribution in [0.4, 0.5) is 0 Å². The summed E-state index contributed by atoms with van der Waals surface area (Å²) >= 11 is 0. The molecule has 0 unspecified atom stereocenters. The van der Waals surface area contributed by atoms with Gasteiger partial charge in [0.05, 0.1) is 19.2 Å². The number of nitrogens with zero attached hydrogens (tertiary/aromatic N) is 2. The van der Waals surface area contributed by atoms with Crippen LogP contribution < -0.4 is 10.9 Å². The third kappa shape index (κ3) is 3.83. The summed E-state index contributed by atoms with van der Waals surface area (Å²) in [7, 11) is 1.33. The molecule has 1 N–H and O–H groups in total. The first-order valence-electron chi connectivity index (χ1n) is 8.47. The van der Waals surface area contributed by atoms with Crippen molar-refractivity contribution in [2.24, 2.45) is 0 Å². The van der Waals surface area contributed by atoms with Gasteiger partial charge in [0.2, 0.25) is 5.91 Å². The number of esters is 1. The predicted molar refractivity (Wildman–Crippen MR) is 96.9 cm³/mol. The van der Waals surface area contributed by atoms with Crippen molar-refractivity contribution in [3.63, 3.8) is 0 Å². The molecule has 7 heteroatoms. The highest BCUT2D eigenvalue weighted by atomic mass is 16.5. The Labute approximate surface area is 151 Å². The summed E-state index contributed by atoms with van der Waals surface area (Å²) in [5.74, 6) is -0.360. The molecule has 1 amide bonds. The van der Waals surface area contributed by atoms with Gasteiger partial charge >= 0.3 is 5.97 Å². The van der Waals surface area contributed by atoms with Crippen molar-refractivity contribution in [2.75, 3.05) is 33.3 Å². The molecule has 2 aromatic rings. The number of carbonyl (C=O) groups excluding carboxylic acids is 2. The Balaban J connectivity index is 1.77. The fourth-order valence-electron chi connectivity index (χ4n) is 2.95. The second-order valence-electron chi connectivity index (χ2n) is 6.05. The van der Waals surface area contributed by atoms with E-state index in [1.54, 1.807) is 46.0 Å². The van der Waals surface area contributed by atoms with E-state index in [9.17, 15) is 14.4 Å². The zero-order chi connectivity index (χ0) is 18.5. The number of amides is 1. The fraction of sp³-hybridized carbons (Fsp3) is 0.316. The summed E-state index contributed by atoms with van der Waals surface area (Å²) in [5.41, 5.74) is 1.59. The van der Waals surface area contributed by atoms with Gasteiger partial charge in [-0.25, -0.2) is 4.79 Å². The Kier molecular flexibility index (Phi) is 5.48. The highest BCUT2D eigenvalue weighted by Gasteiger charge is 2.17. The van der Waals surface area contributed by atoms with Crippen LogP contribution in [0.25, 0.3) is 11.1 Å². The van der Waals surface area contributed by atoms with Crippen molar-refractivity contribution in [3.8, 4) is 11.1 Å². The average molecular weight is 355 g/mol. The first-order chi connectivity index (χ1) is 12.6. The van der Waals surface area contributed by atoms with Gasteiger partial charge in [-0.3, -0.25) is 9.59 Å². The van der Waals surface area contributed by atoms with Crippen molar-refractivity contribution in [2.45, 2.75) is 6.54 Å². The van der Waals surface area contributed by atoms with Crippen molar-refractivity contribution in [1.29, 1.82) is 0 Å². The zero-order valence-corrected chi connectivity index (χ0v) is 14.6. The Morgan fingerprint density at radius 2 is 1.92 bits per heavy atom. The van der Waals surface area contributed by atoms with E-state index in [2.05, 4.69) is 10.1 Å². The Morgan fingerprint density at radius 3 is 2.62 bits per heavy atom. The van der Waals surface area contributed by atoms with Crippen molar-refractivity contribution in [1.82, 2.24) is 14.8 Å². The van der Waals surface area contributed by atoms with Crippen LogP contribution in [0.15, 0.2) is 47.4 Å². The third-order valence-corrected chi connectivity index (χ3v) is 4.44. The maximum Gasteiger partial charge on any atom is 0.337 e. The second-order valence-corrected chi connectivity index (χ2v) is 6.05. The number of hydrogen-bond acceptors (Lipinski definition) is 5. The summed E-state index contributed by atoms with van der Waals surface area (Å²) in [6, 6.07) is 10.3. The maximum absolute atomic E-state index is 12.8. The van der Waals surface area contributed by atoms with E-state index in [1.807, 2.05) is 6.07 Å². The van der Waals surface area contributed by atoms with Crippen LogP contribution in [0.2, 0.25) is 0 Å². The molecule has 1 saturated heterocycles. The number of ether oxygens (including phenoxy) is 1. The molecule has 0 spiro atoms. The van der Waals surface area contributed by atoms with Gasteiger partial charge in [-0.15, -0.1) is 0 Å². The Bertz CT molecular complexity index is 858. The molecule has 1 aromatic heterocycles. The van der Waals surface area contributed by atoms with E-state index in [4.69, 9.17) is 0 Å². The largest absolute Gasteiger partial charge is 0.465 e. The first-order valence-corrected chi connectivity index (χ1v) is 8.47. The monoisotopic (exact) mass is 355 g/mol. The number of rotatable bonds is 5. The van der Waals surface area contributed by atoms with Gasteiger partial charge in [-0.2, -0.15) is 0 Å². The molecular formula is C19H21N3O4. The molecular weight excluding hydrogens is 334 g/mol. The number of piperazine rings is 1. The highest BCUT2D eigenvalue weighted by Crippen LogP contribution is 2.16. The van der Waals surface area contributed by atoms with Crippen LogP contribution in [0.1, 0.15) is 10.4 Å². The lowest BCUT2D eigenvalue weighted by Gasteiger charge is -2.27. The van der Waals surface area contributed by atoms with Gasteiger partial charge in [0.25, 0.3) is 5.56 Å². The highest BCUT2D eigenvalue weighted by molar-refractivity contribution is 5.89. The first kappa shape index (κ1) is 17.9. The lowest BCUT2D eigenvalue weighted by Crippen LogP contribution is -2.49. The van der Waals surface area contributed by atoms with Crippen molar-refractivity contribution in [3.05, 3.63) is 58.5 Å². The molecule has 26 heavy (non-hydrogen) atoms.